The van der Waals surface area contributed by atoms with Gasteiger partial charge < -0.3 is 9.84 Å². The molecule has 1 aliphatic heterocycles. The summed E-state index contributed by atoms with van der Waals surface area (Å²) in [6, 6.07) is 18.3. The Balaban J connectivity index is 1.71. The van der Waals surface area contributed by atoms with Crippen LogP contribution in [-0.2, 0) is 0 Å². The topological polar surface area (TPSA) is 29.5 Å². The molecule has 20 heavy (non-hydrogen) atoms. The van der Waals surface area contributed by atoms with E-state index in [1.807, 2.05) is 30.3 Å². The van der Waals surface area contributed by atoms with Crippen molar-refractivity contribution < 1.29 is 9.84 Å². The van der Waals surface area contributed by atoms with Crippen molar-refractivity contribution >= 4 is 0 Å². The molecule has 1 N–H and O–H groups in total. The summed E-state index contributed by atoms with van der Waals surface area (Å²) in [6.07, 6.45) is 1.27. The van der Waals surface area contributed by atoms with E-state index in [4.69, 9.17) is 4.74 Å². The van der Waals surface area contributed by atoms with E-state index in [0.717, 1.165) is 17.7 Å². The Kier molecular flexibility index (Phi) is 3.75. The molecule has 104 valence electrons. The highest BCUT2D eigenvalue weighted by atomic mass is 16.5. The zero-order valence-electron chi connectivity index (χ0n) is 11.7. The van der Waals surface area contributed by atoms with E-state index in [-0.39, 0.29) is 6.10 Å². The second-order valence-electron chi connectivity index (χ2n) is 5.58. The molecule has 2 aromatic rings. The van der Waals surface area contributed by atoms with E-state index in [1.165, 1.54) is 5.56 Å². The van der Waals surface area contributed by atoms with Crippen LogP contribution >= 0.6 is 0 Å². The van der Waals surface area contributed by atoms with Gasteiger partial charge in [-0.2, -0.15) is 0 Å². The van der Waals surface area contributed by atoms with E-state index < -0.39 is 6.10 Å². The quantitative estimate of drug-likeness (QED) is 0.909. The normalized spacial score (nSPS) is 22.7. The molecule has 0 saturated heterocycles. The van der Waals surface area contributed by atoms with Crippen LogP contribution < -0.4 is 4.74 Å². The Hall–Kier alpha value is -1.80. The summed E-state index contributed by atoms with van der Waals surface area (Å²) in [6.45, 7) is 2.21. The van der Waals surface area contributed by atoms with Crippen molar-refractivity contribution in [1.29, 1.82) is 0 Å². The van der Waals surface area contributed by atoms with E-state index in [1.54, 1.807) is 0 Å². The van der Waals surface area contributed by atoms with Gasteiger partial charge in [0.05, 0.1) is 6.10 Å². The molecule has 2 nitrogen and oxygen atoms in total. The molecule has 0 aromatic heterocycles. The molecule has 3 rings (SSSR count). The van der Waals surface area contributed by atoms with Crippen LogP contribution in [0, 0.1) is 0 Å². The second-order valence-corrected chi connectivity index (χ2v) is 5.58. The van der Waals surface area contributed by atoms with E-state index in [0.29, 0.717) is 12.3 Å². The molecular weight excluding hydrogens is 248 g/mol. The fourth-order valence-electron chi connectivity index (χ4n) is 2.92. The molecule has 2 heteroatoms. The van der Waals surface area contributed by atoms with Crippen LogP contribution in [0.5, 0.6) is 5.75 Å². The first-order valence-corrected chi connectivity index (χ1v) is 7.22. The molecule has 1 aliphatic rings. The number of para-hydroxylation sites is 1. The first-order valence-electron chi connectivity index (χ1n) is 7.22. The zero-order chi connectivity index (χ0) is 13.9. The average Bonchev–Trinajstić information content (AvgIpc) is 2.48. The second kappa shape index (κ2) is 5.68. The van der Waals surface area contributed by atoms with E-state index >= 15 is 0 Å². The maximum atomic E-state index is 10.2. The van der Waals surface area contributed by atoms with Crippen molar-refractivity contribution in [2.45, 2.75) is 37.9 Å². The van der Waals surface area contributed by atoms with Crippen LogP contribution in [0.1, 0.15) is 42.9 Å². The number of hydrogen-bond acceptors (Lipinski definition) is 2. The number of hydrogen-bond donors (Lipinski definition) is 1. The third-order valence-electron chi connectivity index (χ3n) is 4.04. The SMILES string of the molecule is CC(CC1C[C@H](O)c2ccccc2O1)c1ccccc1. The van der Waals surface area contributed by atoms with Crippen molar-refractivity contribution in [2.75, 3.05) is 0 Å². The predicted molar refractivity (Wildman–Crippen MR) is 79.9 cm³/mol. The molecule has 1 heterocycles. The highest BCUT2D eigenvalue weighted by Gasteiger charge is 2.27. The fraction of sp³-hybridized carbons (Fsp3) is 0.333. The standard InChI is InChI=1S/C18H20O2/c1-13(14-7-3-2-4-8-14)11-15-12-17(19)16-9-5-6-10-18(16)20-15/h2-10,13,15,17,19H,11-12H2,1H3/t13?,15?,17-/m0/s1. The molecule has 2 aromatic carbocycles. The molecule has 0 spiro atoms. The lowest BCUT2D eigenvalue weighted by Gasteiger charge is -2.31. The number of aliphatic hydroxyl groups excluding tert-OH is 1. The molecule has 3 atom stereocenters. The van der Waals surface area contributed by atoms with Crippen LogP contribution in [0.3, 0.4) is 0 Å². The largest absolute Gasteiger partial charge is 0.490 e. The highest BCUT2D eigenvalue weighted by molar-refractivity contribution is 5.37. The number of ether oxygens (including phenoxy) is 1. The minimum absolute atomic E-state index is 0.0788. The van der Waals surface area contributed by atoms with Gasteiger partial charge in [-0.3, -0.25) is 0 Å². The lowest BCUT2D eigenvalue weighted by molar-refractivity contribution is 0.0589. The van der Waals surface area contributed by atoms with Gasteiger partial charge in [-0.25, -0.2) is 0 Å². The minimum atomic E-state index is -0.409. The third-order valence-corrected chi connectivity index (χ3v) is 4.04. The molecule has 0 aliphatic carbocycles. The van der Waals surface area contributed by atoms with Crippen LogP contribution in [0.25, 0.3) is 0 Å². The fourth-order valence-corrected chi connectivity index (χ4v) is 2.92. The number of benzene rings is 2. The Morgan fingerprint density at radius 1 is 1.10 bits per heavy atom. The summed E-state index contributed by atoms with van der Waals surface area (Å²) in [4.78, 5) is 0. The Morgan fingerprint density at radius 2 is 1.80 bits per heavy atom. The van der Waals surface area contributed by atoms with Crippen molar-refractivity contribution in [1.82, 2.24) is 0 Å². The van der Waals surface area contributed by atoms with Crippen LogP contribution in [-0.4, -0.2) is 11.2 Å². The Morgan fingerprint density at radius 3 is 2.60 bits per heavy atom. The van der Waals surface area contributed by atoms with Gasteiger partial charge in [0.15, 0.2) is 0 Å². The summed E-state index contributed by atoms with van der Waals surface area (Å²) in [5, 5.41) is 10.2. The van der Waals surface area contributed by atoms with Crippen molar-refractivity contribution in [2.24, 2.45) is 0 Å². The van der Waals surface area contributed by atoms with E-state index in [2.05, 4.69) is 31.2 Å². The lowest BCUT2D eigenvalue weighted by Crippen LogP contribution is -2.27. The van der Waals surface area contributed by atoms with Crippen LogP contribution in [0.2, 0.25) is 0 Å². The van der Waals surface area contributed by atoms with Gasteiger partial charge in [0.1, 0.15) is 11.9 Å². The van der Waals surface area contributed by atoms with Crippen LogP contribution in [0.4, 0.5) is 0 Å². The molecular formula is C18H20O2. The summed E-state index contributed by atoms with van der Waals surface area (Å²) in [5.74, 6) is 1.26. The summed E-state index contributed by atoms with van der Waals surface area (Å²) in [5.41, 5.74) is 2.24. The minimum Gasteiger partial charge on any atom is -0.490 e. The van der Waals surface area contributed by atoms with Gasteiger partial charge in [0, 0.05) is 12.0 Å². The molecule has 0 amide bonds. The molecule has 0 radical (unpaired) electrons. The van der Waals surface area contributed by atoms with Crippen molar-refractivity contribution in [3.05, 3.63) is 65.7 Å². The molecule has 0 saturated carbocycles. The number of aliphatic hydroxyl groups is 1. The van der Waals surface area contributed by atoms with Crippen molar-refractivity contribution in [3.8, 4) is 5.75 Å². The summed E-state index contributed by atoms with van der Waals surface area (Å²) >= 11 is 0. The van der Waals surface area contributed by atoms with Gasteiger partial charge in [-0.15, -0.1) is 0 Å². The Bertz CT molecular complexity index is 565. The van der Waals surface area contributed by atoms with Gasteiger partial charge in [0.25, 0.3) is 0 Å². The highest BCUT2D eigenvalue weighted by Crippen LogP contribution is 2.37. The maximum absolute atomic E-state index is 10.2. The molecule has 0 fully saturated rings. The maximum Gasteiger partial charge on any atom is 0.125 e. The summed E-state index contributed by atoms with van der Waals surface area (Å²) in [7, 11) is 0. The number of fused-ring (bicyclic) bond motifs is 1. The zero-order valence-corrected chi connectivity index (χ0v) is 11.7. The monoisotopic (exact) mass is 268 g/mol. The smallest absolute Gasteiger partial charge is 0.125 e. The third kappa shape index (κ3) is 2.70. The summed E-state index contributed by atoms with van der Waals surface area (Å²) < 4.78 is 6.03. The van der Waals surface area contributed by atoms with Gasteiger partial charge in [-0.05, 0) is 24.0 Å². The molecule has 0 bridgehead atoms. The van der Waals surface area contributed by atoms with E-state index in [9.17, 15) is 5.11 Å². The average molecular weight is 268 g/mol. The first kappa shape index (κ1) is 13.2. The predicted octanol–water partition coefficient (Wildman–Crippen LogP) is 4.06. The van der Waals surface area contributed by atoms with Gasteiger partial charge in [-0.1, -0.05) is 55.5 Å². The number of rotatable bonds is 3. The lowest BCUT2D eigenvalue weighted by atomic mass is 9.90. The van der Waals surface area contributed by atoms with Crippen molar-refractivity contribution in [3.63, 3.8) is 0 Å². The first-order chi connectivity index (χ1) is 9.74. The van der Waals surface area contributed by atoms with Gasteiger partial charge in [0.2, 0.25) is 0 Å². The van der Waals surface area contributed by atoms with Gasteiger partial charge >= 0.3 is 0 Å². The molecule has 2 unspecified atom stereocenters. The Labute approximate surface area is 120 Å². The van der Waals surface area contributed by atoms with Crippen LogP contribution in [0.15, 0.2) is 54.6 Å².